The number of rotatable bonds is 5. The normalized spacial score (nSPS) is 13.1. The highest BCUT2D eigenvalue weighted by atomic mass is 16.4. The maximum absolute atomic E-state index is 10.3. The summed E-state index contributed by atoms with van der Waals surface area (Å²) in [6.45, 7) is 1.16. The molecule has 0 aliphatic heterocycles. The summed E-state index contributed by atoms with van der Waals surface area (Å²) < 4.78 is 0. The van der Waals surface area contributed by atoms with Crippen LogP contribution in [-0.4, -0.2) is 49.9 Å². The number of aromatic amines is 1. The molecule has 18 heavy (non-hydrogen) atoms. The average molecular weight is 259 g/mol. The number of aliphatic carboxylic acids is 2. The first-order valence-electron chi connectivity index (χ1n) is 5.18. The molecule has 0 amide bonds. The van der Waals surface area contributed by atoms with Gasteiger partial charge in [-0.3, -0.25) is 9.59 Å². The lowest BCUT2D eigenvalue weighted by molar-refractivity contribution is -0.142. The van der Waals surface area contributed by atoms with Gasteiger partial charge in [-0.2, -0.15) is 0 Å². The van der Waals surface area contributed by atoms with Crippen molar-refractivity contribution in [3.05, 3.63) is 18.2 Å². The number of hydrogen-bond donors (Lipinski definition) is 5. The van der Waals surface area contributed by atoms with E-state index in [1.54, 1.807) is 6.20 Å². The van der Waals surface area contributed by atoms with Gasteiger partial charge in [0.1, 0.15) is 6.04 Å². The Morgan fingerprint density at radius 1 is 1.44 bits per heavy atom. The van der Waals surface area contributed by atoms with Gasteiger partial charge in [0.25, 0.3) is 0 Å². The van der Waals surface area contributed by atoms with Crippen LogP contribution in [-0.2, 0) is 16.0 Å². The number of carboxylic acids is 2. The zero-order valence-corrected chi connectivity index (χ0v) is 9.91. The number of nitrogens with two attached hydrogens (primary N) is 1. The molecule has 0 aliphatic rings. The lowest BCUT2D eigenvalue weighted by Crippen LogP contribution is -2.32. The molecule has 1 rings (SSSR count). The van der Waals surface area contributed by atoms with Gasteiger partial charge in [0.2, 0.25) is 0 Å². The van der Waals surface area contributed by atoms with Gasteiger partial charge >= 0.3 is 11.9 Å². The molecule has 1 heterocycles. The second-order valence-electron chi connectivity index (χ2n) is 3.63. The van der Waals surface area contributed by atoms with Crippen molar-refractivity contribution in [3.63, 3.8) is 0 Å². The topological polar surface area (TPSA) is 150 Å². The largest absolute Gasteiger partial charge is 0.481 e. The summed E-state index contributed by atoms with van der Waals surface area (Å²) in [5.74, 6) is -2.59. The van der Waals surface area contributed by atoms with Crippen LogP contribution >= 0.6 is 0 Å². The van der Waals surface area contributed by atoms with E-state index >= 15 is 0 Å². The lowest BCUT2D eigenvalue weighted by Gasteiger charge is -2.01. The van der Waals surface area contributed by atoms with Gasteiger partial charge in [-0.1, -0.05) is 0 Å². The molecule has 0 aromatic carbocycles. The van der Waals surface area contributed by atoms with Gasteiger partial charge in [-0.15, -0.1) is 0 Å². The number of imidazole rings is 1. The quantitative estimate of drug-likeness (QED) is 0.458. The average Bonchev–Trinajstić information content (AvgIpc) is 2.81. The van der Waals surface area contributed by atoms with Crippen LogP contribution in [0.5, 0.6) is 0 Å². The van der Waals surface area contributed by atoms with Crippen molar-refractivity contribution in [2.24, 2.45) is 11.7 Å². The molecule has 0 bridgehead atoms. The predicted octanol–water partition coefficient (Wildman–Crippen LogP) is -0.936. The number of aliphatic hydroxyl groups excluding tert-OH is 1. The minimum absolute atomic E-state index is 0.263. The van der Waals surface area contributed by atoms with Crippen molar-refractivity contribution >= 4 is 11.9 Å². The summed E-state index contributed by atoms with van der Waals surface area (Å²) in [4.78, 5) is 26.6. The van der Waals surface area contributed by atoms with Gasteiger partial charge in [0.05, 0.1) is 24.5 Å². The van der Waals surface area contributed by atoms with Crippen molar-refractivity contribution in [3.8, 4) is 0 Å². The monoisotopic (exact) mass is 259 g/mol. The van der Waals surface area contributed by atoms with E-state index in [2.05, 4.69) is 9.97 Å². The highest BCUT2D eigenvalue weighted by molar-refractivity contribution is 5.73. The van der Waals surface area contributed by atoms with Gasteiger partial charge in [-0.25, -0.2) is 4.98 Å². The van der Waals surface area contributed by atoms with Crippen molar-refractivity contribution < 1.29 is 24.9 Å². The molecular weight excluding hydrogens is 242 g/mol. The molecule has 1 aromatic heterocycles. The molecule has 102 valence electrons. The summed E-state index contributed by atoms with van der Waals surface area (Å²) >= 11 is 0. The van der Waals surface area contributed by atoms with Crippen LogP contribution in [0.2, 0.25) is 0 Å². The maximum Gasteiger partial charge on any atom is 0.320 e. The first-order valence-corrected chi connectivity index (χ1v) is 5.18. The van der Waals surface area contributed by atoms with Crippen LogP contribution < -0.4 is 5.73 Å². The van der Waals surface area contributed by atoms with E-state index in [1.165, 1.54) is 13.3 Å². The summed E-state index contributed by atoms with van der Waals surface area (Å²) in [7, 11) is 0. The fourth-order valence-electron chi connectivity index (χ4n) is 0.793. The van der Waals surface area contributed by atoms with E-state index in [0.717, 1.165) is 0 Å². The molecule has 0 saturated heterocycles. The Bertz CT molecular complexity index is 366. The van der Waals surface area contributed by atoms with Gasteiger partial charge in [0.15, 0.2) is 0 Å². The van der Waals surface area contributed by atoms with Gasteiger partial charge < -0.3 is 26.0 Å². The van der Waals surface area contributed by atoms with E-state index in [1.807, 2.05) is 0 Å². The van der Waals surface area contributed by atoms with Crippen molar-refractivity contribution in [2.75, 3.05) is 6.61 Å². The van der Waals surface area contributed by atoms with E-state index in [-0.39, 0.29) is 13.0 Å². The van der Waals surface area contributed by atoms with Crippen molar-refractivity contribution in [1.29, 1.82) is 0 Å². The number of hydrogen-bond acceptors (Lipinski definition) is 5. The first kappa shape index (κ1) is 16.1. The molecule has 8 nitrogen and oxygen atoms in total. The highest BCUT2D eigenvalue weighted by Crippen LogP contribution is 1.95. The Balaban J connectivity index is 0.000000360. The van der Waals surface area contributed by atoms with E-state index in [4.69, 9.17) is 21.1 Å². The van der Waals surface area contributed by atoms with Crippen LogP contribution in [0.25, 0.3) is 0 Å². The Kier molecular flexibility index (Phi) is 7.32. The van der Waals surface area contributed by atoms with Crippen LogP contribution in [0.1, 0.15) is 12.6 Å². The second kappa shape index (κ2) is 8.20. The van der Waals surface area contributed by atoms with Gasteiger partial charge in [0, 0.05) is 12.6 Å². The van der Waals surface area contributed by atoms with E-state index in [0.29, 0.717) is 5.69 Å². The Morgan fingerprint density at radius 3 is 2.33 bits per heavy atom. The lowest BCUT2D eigenvalue weighted by atomic mass is 10.2. The molecule has 0 saturated carbocycles. The molecule has 1 aromatic rings. The summed E-state index contributed by atoms with van der Waals surface area (Å²) in [6.07, 6.45) is 3.38. The molecule has 6 N–H and O–H groups in total. The highest BCUT2D eigenvalue weighted by Gasteiger charge is 2.12. The summed E-state index contributed by atoms with van der Waals surface area (Å²) in [6, 6.07) is -0.863. The third-order valence-corrected chi connectivity index (χ3v) is 2.00. The van der Waals surface area contributed by atoms with Crippen LogP contribution in [0, 0.1) is 5.92 Å². The molecule has 2 atom stereocenters. The summed E-state index contributed by atoms with van der Waals surface area (Å²) in [5.41, 5.74) is 5.92. The Morgan fingerprint density at radius 2 is 2.06 bits per heavy atom. The number of aliphatic hydroxyl groups is 1. The van der Waals surface area contributed by atoms with Crippen molar-refractivity contribution in [2.45, 2.75) is 19.4 Å². The molecule has 8 heteroatoms. The summed E-state index contributed by atoms with van der Waals surface area (Å²) in [5, 5.41) is 24.6. The maximum atomic E-state index is 10.3. The number of nitrogens with zero attached hydrogens (tertiary/aromatic N) is 1. The van der Waals surface area contributed by atoms with E-state index < -0.39 is 23.9 Å². The zero-order chi connectivity index (χ0) is 14.1. The SMILES string of the molecule is CC(CO)C(=O)O.NC(Cc1c[nH]cn1)C(=O)O. The standard InChI is InChI=1S/C6H9N3O2.C4H8O3/c7-5(6(10)11)1-4-2-8-3-9-4;1-3(2-5)4(6)7/h2-3,5H,1,7H2,(H,8,9)(H,10,11);3,5H,2H2,1H3,(H,6,7). The number of H-pyrrole nitrogens is 1. The van der Waals surface area contributed by atoms with Crippen LogP contribution in [0.15, 0.2) is 12.5 Å². The van der Waals surface area contributed by atoms with Gasteiger partial charge in [-0.05, 0) is 6.92 Å². The third kappa shape index (κ3) is 6.61. The predicted molar refractivity (Wildman–Crippen MR) is 61.8 cm³/mol. The molecule has 0 fully saturated rings. The smallest absolute Gasteiger partial charge is 0.320 e. The molecular formula is C10H17N3O5. The minimum Gasteiger partial charge on any atom is -0.481 e. The number of carboxylic acid groups (broad SMARTS) is 2. The zero-order valence-electron chi connectivity index (χ0n) is 9.91. The fraction of sp³-hybridized carbons (Fsp3) is 0.500. The Labute approximate surface area is 103 Å². The Hall–Kier alpha value is -1.93. The van der Waals surface area contributed by atoms with E-state index in [9.17, 15) is 9.59 Å². The van der Waals surface area contributed by atoms with Crippen LogP contribution in [0.3, 0.4) is 0 Å². The number of aromatic nitrogens is 2. The molecule has 0 radical (unpaired) electrons. The third-order valence-electron chi connectivity index (χ3n) is 2.00. The molecule has 2 unspecified atom stereocenters. The second-order valence-corrected chi connectivity index (χ2v) is 3.63. The van der Waals surface area contributed by atoms with Crippen LogP contribution in [0.4, 0.5) is 0 Å². The van der Waals surface area contributed by atoms with Crippen molar-refractivity contribution in [1.82, 2.24) is 9.97 Å². The first-order chi connectivity index (χ1) is 8.38. The number of carbonyl (C=O) groups is 2. The number of nitrogens with one attached hydrogen (secondary N) is 1. The minimum atomic E-state index is -1.01. The molecule has 0 aliphatic carbocycles. The molecule has 0 spiro atoms. The fourth-order valence-corrected chi connectivity index (χ4v) is 0.793.